The van der Waals surface area contributed by atoms with Gasteiger partial charge in [-0.05, 0) is 29.8 Å². The van der Waals surface area contributed by atoms with E-state index in [0.717, 1.165) is 38.0 Å². The Balaban J connectivity index is 1.64. The van der Waals surface area contributed by atoms with Crippen LogP contribution in [0.1, 0.15) is 35.4 Å². The lowest BCUT2D eigenvalue weighted by atomic mass is 9.96. The lowest BCUT2D eigenvalue weighted by molar-refractivity contribution is -0.0195. The van der Waals surface area contributed by atoms with E-state index >= 15 is 0 Å². The van der Waals surface area contributed by atoms with Gasteiger partial charge in [0.25, 0.3) is 0 Å². The van der Waals surface area contributed by atoms with Gasteiger partial charge in [0.15, 0.2) is 0 Å². The SMILES string of the molecule is Brc1ccc2c(c1)[C@@H]1CC(c3ccccc3)=NN1[C@H](c1ccccc1Br)O2. The summed E-state index contributed by atoms with van der Waals surface area (Å²) in [5.41, 5.74) is 4.50. The topological polar surface area (TPSA) is 24.8 Å². The van der Waals surface area contributed by atoms with Crippen LogP contribution >= 0.6 is 31.9 Å². The molecule has 0 N–H and O–H groups in total. The van der Waals surface area contributed by atoms with Crippen LogP contribution in [0.2, 0.25) is 0 Å². The maximum Gasteiger partial charge on any atom is 0.214 e. The largest absolute Gasteiger partial charge is 0.464 e. The number of hydrogen-bond donors (Lipinski definition) is 0. The zero-order valence-corrected chi connectivity index (χ0v) is 17.5. The summed E-state index contributed by atoms with van der Waals surface area (Å²) in [4.78, 5) is 0. The predicted octanol–water partition coefficient (Wildman–Crippen LogP) is 6.45. The van der Waals surface area contributed by atoms with Gasteiger partial charge in [-0.3, -0.25) is 0 Å². The van der Waals surface area contributed by atoms with E-state index in [1.54, 1.807) is 0 Å². The predicted molar refractivity (Wildman–Crippen MR) is 114 cm³/mol. The first-order valence-electron chi connectivity index (χ1n) is 8.82. The van der Waals surface area contributed by atoms with E-state index in [9.17, 15) is 0 Å². The first-order valence-corrected chi connectivity index (χ1v) is 10.4. The Morgan fingerprint density at radius 2 is 1.67 bits per heavy atom. The summed E-state index contributed by atoms with van der Waals surface area (Å²) in [5, 5.41) is 7.10. The first kappa shape index (κ1) is 17.0. The third-order valence-electron chi connectivity index (χ3n) is 5.03. The molecule has 0 bridgehead atoms. The number of fused-ring (bicyclic) bond motifs is 3. The quantitative estimate of drug-likeness (QED) is 0.418. The second-order valence-electron chi connectivity index (χ2n) is 6.69. The van der Waals surface area contributed by atoms with Crippen molar-refractivity contribution in [1.29, 1.82) is 0 Å². The molecule has 0 saturated heterocycles. The van der Waals surface area contributed by atoms with E-state index < -0.39 is 0 Å². The van der Waals surface area contributed by atoms with Crippen molar-refractivity contribution >= 4 is 37.6 Å². The molecule has 2 heterocycles. The Morgan fingerprint density at radius 1 is 0.889 bits per heavy atom. The van der Waals surface area contributed by atoms with Gasteiger partial charge in [-0.15, -0.1) is 0 Å². The van der Waals surface area contributed by atoms with E-state index in [1.807, 2.05) is 36.4 Å². The minimum atomic E-state index is -0.263. The highest BCUT2D eigenvalue weighted by molar-refractivity contribution is 9.10. The molecule has 0 aromatic heterocycles. The van der Waals surface area contributed by atoms with E-state index in [4.69, 9.17) is 9.84 Å². The van der Waals surface area contributed by atoms with Crippen molar-refractivity contribution in [2.24, 2.45) is 5.10 Å². The summed E-state index contributed by atoms with van der Waals surface area (Å²) in [7, 11) is 0. The van der Waals surface area contributed by atoms with Crippen molar-refractivity contribution in [3.05, 3.63) is 98.4 Å². The maximum atomic E-state index is 6.42. The zero-order valence-electron chi connectivity index (χ0n) is 14.3. The van der Waals surface area contributed by atoms with Gasteiger partial charge in [-0.25, -0.2) is 5.01 Å². The summed E-state index contributed by atoms with van der Waals surface area (Å²) < 4.78 is 8.50. The minimum absolute atomic E-state index is 0.151. The highest BCUT2D eigenvalue weighted by atomic mass is 79.9. The van der Waals surface area contributed by atoms with Crippen molar-refractivity contribution < 1.29 is 4.74 Å². The van der Waals surface area contributed by atoms with E-state index in [1.165, 1.54) is 5.56 Å². The second kappa shape index (κ2) is 6.80. The molecule has 2 atom stereocenters. The maximum absolute atomic E-state index is 6.42. The minimum Gasteiger partial charge on any atom is -0.464 e. The summed E-state index contributed by atoms with van der Waals surface area (Å²) >= 11 is 7.28. The Hall–Kier alpha value is -2.11. The third-order valence-corrected chi connectivity index (χ3v) is 6.25. The molecule has 134 valence electrons. The van der Waals surface area contributed by atoms with E-state index in [-0.39, 0.29) is 12.3 Å². The van der Waals surface area contributed by atoms with Crippen molar-refractivity contribution in [2.75, 3.05) is 0 Å². The van der Waals surface area contributed by atoms with Crippen molar-refractivity contribution in [3.8, 4) is 5.75 Å². The Bertz CT molecular complexity index is 1040. The second-order valence-corrected chi connectivity index (χ2v) is 8.46. The number of rotatable bonds is 2. The molecule has 0 radical (unpaired) electrons. The fraction of sp³-hybridized carbons (Fsp3) is 0.136. The fourth-order valence-corrected chi connectivity index (χ4v) is 4.60. The van der Waals surface area contributed by atoms with Crippen LogP contribution in [-0.2, 0) is 0 Å². The summed E-state index contributed by atoms with van der Waals surface area (Å²) in [6.07, 6.45) is 0.595. The number of benzene rings is 3. The molecular weight excluding hydrogens is 468 g/mol. The lowest BCUT2D eigenvalue weighted by Crippen LogP contribution is -2.33. The molecule has 3 nitrogen and oxygen atoms in total. The van der Waals surface area contributed by atoms with Crippen molar-refractivity contribution in [2.45, 2.75) is 18.7 Å². The first-order chi connectivity index (χ1) is 13.2. The van der Waals surface area contributed by atoms with Crippen LogP contribution < -0.4 is 4.74 Å². The van der Waals surface area contributed by atoms with Crippen molar-refractivity contribution in [3.63, 3.8) is 0 Å². The van der Waals surface area contributed by atoms with Gasteiger partial charge in [0, 0.05) is 26.5 Å². The van der Waals surface area contributed by atoms with Crippen molar-refractivity contribution in [1.82, 2.24) is 5.01 Å². The van der Waals surface area contributed by atoms with Gasteiger partial charge in [-0.1, -0.05) is 80.4 Å². The van der Waals surface area contributed by atoms with Crippen LogP contribution in [0.15, 0.2) is 86.8 Å². The molecule has 3 aromatic rings. The number of hydrogen-bond acceptors (Lipinski definition) is 3. The molecule has 0 fully saturated rings. The third kappa shape index (κ3) is 2.99. The molecule has 5 heteroatoms. The standard InChI is InChI=1S/C22H16Br2N2O/c23-15-10-11-21-17(12-15)20-13-19(14-6-2-1-3-7-14)25-26(20)22(27-21)16-8-4-5-9-18(16)24/h1-12,20,22H,13H2/t20-,22-/m0/s1. The summed E-state index contributed by atoms with van der Waals surface area (Å²) in [6, 6.07) is 24.9. The molecule has 0 amide bonds. The molecule has 0 unspecified atom stereocenters. The normalized spacial score (nSPS) is 20.5. The number of halogens is 2. The molecule has 2 aliphatic rings. The van der Waals surface area contributed by atoms with Gasteiger partial charge in [0.2, 0.25) is 6.23 Å². The van der Waals surface area contributed by atoms with Gasteiger partial charge in [0.05, 0.1) is 11.8 Å². The van der Waals surface area contributed by atoms with Crippen LogP contribution in [0, 0.1) is 0 Å². The molecule has 3 aromatic carbocycles. The lowest BCUT2D eigenvalue weighted by Gasteiger charge is -2.38. The van der Waals surface area contributed by atoms with Gasteiger partial charge >= 0.3 is 0 Å². The average molecular weight is 484 g/mol. The van der Waals surface area contributed by atoms with Crippen LogP contribution in [0.4, 0.5) is 0 Å². The number of ether oxygens (including phenoxy) is 1. The van der Waals surface area contributed by atoms with Crippen LogP contribution in [0.5, 0.6) is 5.75 Å². The summed E-state index contributed by atoms with van der Waals surface area (Å²) in [5.74, 6) is 0.921. The summed E-state index contributed by atoms with van der Waals surface area (Å²) in [6.45, 7) is 0. The fourth-order valence-electron chi connectivity index (χ4n) is 3.74. The Labute approximate surface area is 174 Å². The van der Waals surface area contributed by atoms with Crippen LogP contribution in [0.3, 0.4) is 0 Å². The smallest absolute Gasteiger partial charge is 0.214 e. The Kier molecular flexibility index (Phi) is 4.29. The van der Waals surface area contributed by atoms with Gasteiger partial charge in [0.1, 0.15) is 5.75 Å². The van der Waals surface area contributed by atoms with E-state index in [2.05, 4.69) is 73.3 Å². The highest BCUT2D eigenvalue weighted by Crippen LogP contribution is 2.49. The molecule has 0 aliphatic carbocycles. The van der Waals surface area contributed by atoms with Crippen LogP contribution in [-0.4, -0.2) is 10.7 Å². The monoisotopic (exact) mass is 482 g/mol. The van der Waals surface area contributed by atoms with Crippen LogP contribution in [0.25, 0.3) is 0 Å². The molecule has 0 saturated carbocycles. The molecule has 5 rings (SSSR count). The zero-order chi connectivity index (χ0) is 18.4. The molecule has 2 aliphatic heterocycles. The highest BCUT2D eigenvalue weighted by Gasteiger charge is 2.41. The van der Waals surface area contributed by atoms with E-state index in [0.29, 0.717) is 0 Å². The van der Waals surface area contributed by atoms with Gasteiger partial charge in [-0.2, -0.15) is 5.10 Å². The Morgan fingerprint density at radius 3 is 2.48 bits per heavy atom. The molecule has 0 spiro atoms. The molecular formula is C22H16Br2N2O. The van der Waals surface area contributed by atoms with Gasteiger partial charge < -0.3 is 4.74 Å². The average Bonchev–Trinajstić information content (AvgIpc) is 3.15. The number of nitrogens with zero attached hydrogens (tertiary/aromatic N) is 2. The molecule has 27 heavy (non-hydrogen) atoms. The number of hydrazone groups is 1.